The van der Waals surface area contributed by atoms with Crippen LogP contribution in [-0.2, 0) is 0 Å². The third kappa shape index (κ3) is 19.5. The maximum Gasteiger partial charge on any atom is 0.129 e. The Balaban J connectivity index is 0.000000120. The van der Waals surface area contributed by atoms with Crippen LogP contribution in [0, 0.1) is 40.4 Å². The van der Waals surface area contributed by atoms with Gasteiger partial charge in [0, 0.05) is 117 Å². The highest BCUT2D eigenvalue weighted by atomic mass is 19.1. The molecule has 0 amide bonds. The summed E-state index contributed by atoms with van der Waals surface area (Å²) in [7, 11) is 3.35. The Morgan fingerprint density at radius 1 is 0.227 bits per heavy atom. The topological polar surface area (TPSA) is 307 Å². The third-order valence-electron chi connectivity index (χ3n) is 25.7. The van der Waals surface area contributed by atoms with Crippen molar-refractivity contribution in [3.8, 4) is 109 Å². The zero-order chi connectivity index (χ0) is 92.7. The number of phenols is 12. The van der Waals surface area contributed by atoms with Crippen LogP contribution in [0.5, 0.6) is 109 Å². The molecule has 20 heteroatoms. The average Bonchev–Trinajstić information content (AvgIpc) is 0.773. The number of phenolic OH excluding ortho intramolecular Hbond substituents is 12. The second-order valence-electron chi connectivity index (χ2n) is 34.1. The molecule has 10 atom stereocenters. The predicted molar refractivity (Wildman–Crippen MR) is 504 cm³/mol. The Morgan fingerprint density at radius 2 is 0.462 bits per heavy atom. The molecule has 5 aliphatic heterocycles. The Kier molecular flexibility index (Phi) is 26.7. The highest BCUT2D eigenvalue weighted by Gasteiger charge is 2.40. The van der Waals surface area contributed by atoms with E-state index < -0.39 is 0 Å². The Bertz CT molecular complexity index is 6220. The lowest BCUT2D eigenvalue weighted by molar-refractivity contribution is 0.245. The van der Waals surface area contributed by atoms with E-state index in [9.17, 15) is 65.7 Å². The van der Waals surface area contributed by atoms with Crippen molar-refractivity contribution in [1.82, 2.24) is 0 Å². The summed E-state index contributed by atoms with van der Waals surface area (Å²) >= 11 is 0. The number of aryl methyl sites for hydroxylation is 4. The number of rotatable bonds is 12. The predicted octanol–water partition coefficient (Wildman–Crippen LogP) is 23.1. The minimum absolute atomic E-state index is 0.0116. The molecule has 0 fully saturated rings. The first-order valence-corrected chi connectivity index (χ1v) is 43.6. The Labute approximate surface area is 765 Å². The van der Waals surface area contributed by atoms with Crippen molar-refractivity contribution in [3.05, 3.63) is 420 Å². The summed E-state index contributed by atoms with van der Waals surface area (Å²) in [4.78, 5) is 0. The number of hydrogen-bond donors (Lipinski definition) is 12. The second-order valence-corrected chi connectivity index (χ2v) is 34.1. The molecule has 672 valence electrons. The largest absolute Gasteiger partial charge is 0.508 e. The van der Waals surface area contributed by atoms with Gasteiger partial charge in [0.05, 0.1) is 47.3 Å². The molecular weight excluding hydrogens is 1670 g/mol. The number of methoxy groups -OCH3 is 2. The number of aromatic hydroxyl groups is 12. The van der Waals surface area contributed by atoms with Crippen molar-refractivity contribution >= 4 is 0 Å². The molecule has 19 nitrogen and oxygen atoms in total. The van der Waals surface area contributed by atoms with Crippen LogP contribution < -0.4 is 33.2 Å². The summed E-state index contributed by atoms with van der Waals surface area (Å²) < 4.78 is 54.5. The van der Waals surface area contributed by atoms with E-state index in [0.29, 0.717) is 61.6 Å². The van der Waals surface area contributed by atoms with Gasteiger partial charge in [-0.3, -0.25) is 0 Å². The van der Waals surface area contributed by atoms with Gasteiger partial charge in [0.1, 0.15) is 115 Å². The fraction of sp³-hybridized carbons (Fsp3) is 0.196. The van der Waals surface area contributed by atoms with E-state index in [1.807, 2.05) is 167 Å². The van der Waals surface area contributed by atoms with Gasteiger partial charge in [0.25, 0.3) is 0 Å². The van der Waals surface area contributed by atoms with Gasteiger partial charge in [-0.25, -0.2) is 4.39 Å². The van der Waals surface area contributed by atoms with Crippen molar-refractivity contribution < 1.29 is 98.8 Å². The monoisotopic (exact) mass is 1770 g/mol. The van der Waals surface area contributed by atoms with Gasteiger partial charge in [-0.1, -0.05) is 152 Å². The molecule has 132 heavy (non-hydrogen) atoms. The summed E-state index contributed by atoms with van der Waals surface area (Å²) in [6.45, 7) is 11.9. The van der Waals surface area contributed by atoms with Crippen molar-refractivity contribution in [1.29, 1.82) is 0 Å². The van der Waals surface area contributed by atoms with E-state index in [2.05, 4.69) is 24.3 Å². The maximum absolute atomic E-state index is 13.8. The van der Waals surface area contributed by atoms with Crippen molar-refractivity contribution in [2.75, 3.05) is 47.3 Å². The normalized spacial score (nSPS) is 18.7. The van der Waals surface area contributed by atoms with Gasteiger partial charge < -0.3 is 94.4 Å². The van der Waals surface area contributed by atoms with Gasteiger partial charge in [-0.05, 0) is 240 Å². The molecule has 0 spiro atoms. The lowest BCUT2D eigenvalue weighted by Gasteiger charge is -2.35. The molecule has 15 aromatic carbocycles. The number of benzene rings is 15. The Morgan fingerprint density at radius 3 is 0.750 bits per heavy atom. The van der Waals surface area contributed by atoms with Crippen molar-refractivity contribution in [3.63, 3.8) is 0 Å². The number of halogens is 1. The van der Waals surface area contributed by atoms with Crippen molar-refractivity contribution in [2.45, 2.75) is 93.8 Å². The van der Waals surface area contributed by atoms with E-state index in [1.165, 1.54) is 17.2 Å². The molecule has 12 N–H and O–H groups in total. The van der Waals surface area contributed by atoms with Crippen LogP contribution in [-0.4, -0.2) is 109 Å². The first-order valence-electron chi connectivity index (χ1n) is 43.6. The molecule has 0 radical (unpaired) electrons. The molecule has 0 aromatic heterocycles. The maximum atomic E-state index is 13.8. The highest BCUT2D eigenvalue weighted by molar-refractivity contribution is 5.60. The van der Waals surface area contributed by atoms with E-state index >= 15 is 0 Å². The smallest absolute Gasteiger partial charge is 0.129 e. The van der Waals surface area contributed by atoms with Gasteiger partial charge >= 0.3 is 0 Å². The first-order chi connectivity index (χ1) is 63.7. The molecule has 0 aliphatic carbocycles. The fourth-order valence-electron chi connectivity index (χ4n) is 18.9. The minimum Gasteiger partial charge on any atom is -0.508 e. The zero-order valence-corrected chi connectivity index (χ0v) is 73.8. The molecule has 0 bridgehead atoms. The molecule has 5 aliphatic rings. The van der Waals surface area contributed by atoms with Crippen LogP contribution in [0.3, 0.4) is 0 Å². The van der Waals surface area contributed by atoms with Crippen molar-refractivity contribution in [2.24, 2.45) is 0 Å². The fourth-order valence-corrected chi connectivity index (χ4v) is 18.9. The zero-order valence-electron chi connectivity index (χ0n) is 73.8. The number of fused-ring (bicyclic) bond motifs is 5. The van der Waals surface area contributed by atoms with E-state index in [0.717, 1.165) is 112 Å². The summed E-state index contributed by atoms with van der Waals surface area (Å²) in [6, 6.07) is 91.1. The molecule has 20 rings (SSSR count). The number of ether oxygens (including phenoxy) is 7. The SMILES string of the molecule is COc1ccc([C@@H]2c3ccc(O)cc3OC[C@@H]2c2ccc(O)cc2)cc1C.COc1ccc([C@@H]2c3ccc(O)cc3OC[C@@H]2c2ccc(O)cc2)cc1C.Cc1c(O)ccc2c1OC[C@H](c1ccc(O)cc1)[C@@H]2c1ccc(O)cc1.Cc1cc([C@@H]2c3ccc(O)cc3OC[C@@H]2c2ccc(O)cc2)ccc1F.Cc1cc([C@@H]2c3ccc(O)cc3OC[C@@H]2c2ccc(O)cc2)ccc1O. The second kappa shape index (κ2) is 39.2. The third-order valence-corrected chi connectivity index (χ3v) is 25.7. The summed E-state index contributed by atoms with van der Waals surface area (Å²) in [5, 5.41) is 117. The van der Waals surface area contributed by atoms with E-state index in [4.69, 9.17) is 33.2 Å². The molecule has 0 saturated heterocycles. The standard InChI is InChI=1S/2C23H22O4.C22H19FO3.2C22H20O4/c2*1-14-11-16(5-10-21(14)26-2)23-19-9-8-18(25)12-22(19)27-13-20(23)15-3-6-17(24)7-4-15;1-13-10-15(4-9-20(13)23)22-18-8-7-17(25)11-21(18)26-12-19(22)14-2-5-16(24)6-3-14;1-13-20(25)11-10-18-21(15-4-8-17(24)9-5-15)19(12-26-22(13)18)14-2-6-16(23)7-3-14;1-13-10-15(4-9-20(13)25)22-18-8-7-17(24)11-21(18)26-12-19(22)14-2-5-16(23)6-3-14/h2*3-12,20,23-25H,13H2,1-2H3;2-11,19,22,24-25H,12H2,1H3;2-11,19,21,23-25H,12H2,1H3;2-11,19,22-25H,12H2,1H3/t2*20-,23-;19-,22-;19-,21-;19-,22-/m11111/s1. The Hall–Kier alpha value is -15.6. The molecule has 0 saturated carbocycles. The summed E-state index contributed by atoms with van der Waals surface area (Å²) in [6.07, 6.45) is 0. The summed E-state index contributed by atoms with van der Waals surface area (Å²) in [5.74, 6) is 8.00. The minimum atomic E-state index is -0.229. The molecule has 15 aromatic rings. The van der Waals surface area contributed by atoms with Gasteiger partial charge in [-0.15, -0.1) is 0 Å². The summed E-state index contributed by atoms with van der Waals surface area (Å²) in [5.41, 5.74) is 20.2. The lowest BCUT2D eigenvalue weighted by atomic mass is 9.75. The van der Waals surface area contributed by atoms with Crippen LogP contribution in [0.15, 0.2) is 303 Å². The van der Waals surface area contributed by atoms with E-state index in [-0.39, 0.29) is 134 Å². The first kappa shape index (κ1) is 89.8. The van der Waals surface area contributed by atoms with Crippen LogP contribution >= 0.6 is 0 Å². The van der Waals surface area contributed by atoms with Crippen LogP contribution in [0.25, 0.3) is 0 Å². The quantitative estimate of drug-likeness (QED) is 0.0541. The average molecular weight is 1770 g/mol. The number of hydrogen-bond acceptors (Lipinski definition) is 19. The van der Waals surface area contributed by atoms with Crippen LogP contribution in [0.4, 0.5) is 4.39 Å². The van der Waals surface area contributed by atoms with Gasteiger partial charge in [0.2, 0.25) is 0 Å². The molecule has 0 unspecified atom stereocenters. The molecular formula is C112H103FO19. The van der Waals surface area contributed by atoms with Gasteiger partial charge in [0.15, 0.2) is 0 Å². The van der Waals surface area contributed by atoms with Crippen LogP contribution in [0.2, 0.25) is 0 Å². The lowest BCUT2D eigenvalue weighted by Crippen LogP contribution is -2.25. The van der Waals surface area contributed by atoms with Crippen LogP contribution in [0.1, 0.15) is 170 Å². The molecule has 5 heterocycles. The van der Waals surface area contributed by atoms with Gasteiger partial charge in [-0.2, -0.15) is 0 Å². The van der Waals surface area contributed by atoms with E-state index in [1.54, 1.807) is 155 Å². The highest BCUT2D eigenvalue weighted by Crippen LogP contribution is 2.55.